The number of anilines is 1. The number of esters is 1. The molecule has 0 spiro atoms. The molecule has 28 heavy (non-hydrogen) atoms. The first kappa shape index (κ1) is 22.3. The molecule has 2 rings (SSSR count). The standard InChI is InChI=1S/C19H21Cl2NO5S/c1-4-26-16-8-6-15(7-9-16)22(12-19(23)27-13(2)3)28(24,25)18-11-14(20)5-10-17(18)21/h5-11,13H,4,12H2,1-3H3. The molecule has 9 heteroatoms. The Morgan fingerprint density at radius 2 is 1.75 bits per heavy atom. The first-order valence-corrected chi connectivity index (χ1v) is 10.7. The van der Waals surface area contributed by atoms with Crippen LogP contribution in [0.3, 0.4) is 0 Å². The van der Waals surface area contributed by atoms with Crippen molar-refractivity contribution in [2.24, 2.45) is 0 Å². The zero-order valence-electron chi connectivity index (χ0n) is 15.7. The van der Waals surface area contributed by atoms with Crippen LogP contribution < -0.4 is 9.04 Å². The SMILES string of the molecule is CCOc1ccc(N(CC(=O)OC(C)C)S(=O)(=O)c2cc(Cl)ccc2Cl)cc1. The molecule has 2 aromatic carbocycles. The Balaban J connectivity index is 2.50. The van der Waals surface area contributed by atoms with Crippen LogP contribution in [0, 0.1) is 0 Å². The predicted octanol–water partition coefficient (Wildman–Crippen LogP) is 4.54. The second-order valence-electron chi connectivity index (χ2n) is 6.05. The van der Waals surface area contributed by atoms with E-state index in [9.17, 15) is 13.2 Å². The van der Waals surface area contributed by atoms with E-state index in [0.29, 0.717) is 12.4 Å². The van der Waals surface area contributed by atoms with Gasteiger partial charge in [0.2, 0.25) is 0 Å². The maximum absolute atomic E-state index is 13.3. The lowest BCUT2D eigenvalue weighted by atomic mass is 10.3. The highest BCUT2D eigenvalue weighted by molar-refractivity contribution is 7.93. The second kappa shape index (κ2) is 9.49. The normalized spacial score (nSPS) is 11.4. The van der Waals surface area contributed by atoms with Gasteiger partial charge in [0.05, 0.1) is 23.4 Å². The highest BCUT2D eigenvalue weighted by Gasteiger charge is 2.30. The van der Waals surface area contributed by atoms with E-state index in [-0.39, 0.29) is 26.7 Å². The molecule has 0 N–H and O–H groups in total. The summed E-state index contributed by atoms with van der Waals surface area (Å²) >= 11 is 12.1. The molecule has 0 aliphatic heterocycles. The molecule has 0 unspecified atom stereocenters. The number of carbonyl (C=O) groups is 1. The molecule has 0 atom stereocenters. The van der Waals surface area contributed by atoms with Crippen LogP contribution in [0.15, 0.2) is 47.4 Å². The highest BCUT2D eigenvalue weighted by atomic mass is 35.5. The van der Waals surface area contributed by atoms with Crippen molar-refractivity contribution in [1.82, 2.24) is 0 Å². The van der Waals surface area contributed by atoms with Crippen LogP contribution in [-0.4, -0.2) is 33.6 Å². The zero-order valence-corrected chi connectivity index (χ0v) is 18.0. The molecule has 0 saturated heterocycles. The van der Waals surface area contributed by atoms with Gasteiger partial charge < -0.3 is 9.47 Å². The third kappa shape index (κ3) is 5.53. The van der Waals surface area contributed by atoms with Gasteiger partial charge in [-0.05, 0) is 63.2 Å². The highest BCUT2D eigenvalue weighted by Crippen LogP contribution is 2.31. The van der Waals surface area contributed by atoms with E-state index in [4.69, 9.17) is 32.7 Å². The summed E-state index contributed by atoms with van der Waals surface area (Å²) in [6, 6.07) is 10.4. The topological polar surface area (TPSA) is 72.9 Å². The van der Waals surface area contributed by atoms with Crippen LogP contribution in [-0.2, 0) is 19.6 Å². The molecule has 0 saturated carbocycles. The molecular weight excluding hydrogens is 425 g/mol. The summed E-state index contributed by atoms with van der Waals surface area (Å²) in [5, 5.41) is 0.205. The average molecular weight is 446 g/mol. The fourth-order valence-electron chi connectivity index (χ4n) is 2.40. The number of hydrogen-bond acceptors (Lipinski definition) is 5. The Kier molecular flexibility index (Phi) is 7.57. The van der Waals surface area contributed by atoms with E-state index in [1.165, 1.54) is 18.2 Å². The Labute approximate surface area is 175 Å². The van der Waals surface area contributed by atoms with Gasteiger partial charge in [-0.2, -0.15) is 0 Å². The maximum Gasteiger partial charge on any atom is 0.327 e. The molecule has 152 valence electrons. The van der Waals surface area contributed by atoms with Crippen LogP contribution in [0.2, 0.25) is 10.0 Å². The minimum Gasteiger partial charge on any atom is -0.494 e. The van der Waals surface area contributed by atoms with Crippen molar-refractivity contribution < 1.29 is 22.7 Å². The largest absolute Gasteiger partial charge is 0.494 e. The van der Waals surface area contributed by atoms with E-state index >= 15 is 0 Å². The Hall–Kier alpha value is -1.96. The van der Waals surface area contributed by atoms with Crippen molar-refractivity contribution in [1.29, 1.82) is 0 Å². The van der Waals surface area contributed by atoms with Crippen LogP contribution in [0.1, 0.15) is 20.8 Å². The monoisotopic (exact) mass is 445 g/mol. The number of rotatable bonds is 8. The summed E-state index contributed by atoms with van der Waals surface area (Å²) in [5.41, 5.74) is 0.264. The molecule has 0 bridgehead atoms. The Morgan fingerprint density at radius 3 is 2.32 bits per heavy atom. The summed E-state index contributed by atoms with van der Waals surface area (Å²) in [5.74, 6) is -0.111. The van der Waals surface area contributed by atoms with Gasteiger partial charge in [0, 0.05) is 5.02 Å². The molecule has 0 aromatic heterocycles. The lowest BCUT2D eigenvalue weighted by molar-refractivity contribution is -0.145. The quantitative estimate of drug-likeness (QED) is 0.557. The molecule has 0 aliphatic carbocycles. The van der Waals surface area contributed by atoms with Gasteiger partial charge in [-0.15, -0.1) is 0 Å². The van der Waals surface area contributed by atoms with Crippen LogP contribution in [0.5, 0.6) is 5.75 Å². The average Bonchev–Trinajstić information content (AvgIpc) is 2.62. The van der Waals surface area contributed by atoms with E-state index in [1.807, 2.05) is 6.92 Å². The van der Waals surface area contributed by atoms with Crippen molar-refractivity contribution in [2.45, 2.75) is 31.8 Å². The number of benzene rings is 2. The van der Waals surface area contributed by atoms with Crippen molar-refractivity contribution in [3.8, 4) is 5.75 Å². The molecule has 6 nitrogen and oxygen atoms in total. The molecule has 0 radical (unpaired) electrons. The van der Waals surface area contributed by atoms with E-state index in [1.54, 1.807) is 38.1 Å². The molecule has 0 amide bonds. The first-order valence-electron chi connectivity index (χ1n) is 8.55. The Morgan fingerprint density at radius 1 is 1.11 bits per heavy atom. The first-order chi connectivity index (χ1) is 13.1. The number of halogens is 2. The molecule has 0 heterocycles. The predicted molar refractivity (Wildman–Crippen MR) is 110 cm³/mol. The van der Waals surface area contributed by atoms with Crippen molar-refractivity contribution in [3.05, 3.63) is 52.5 Å². The maximum atomic E-state index is 13.3. The minimum absolute atomic E-state index is 0.00226. The van der Waals surface area contributed by atoms with Crippen LogP contribution >= 0.6 is 23.2 Å². The number of ether oxygens (including phenoxy) is 2. The summed E-state index contributed by atoms with van der Waals surface area (Å²) < 4.78 is 38.0. The second-order valence-corrected chi connectivity index (χ2v) is 8.73. The molecule has 0 aliphatic rings. The molecule has 0 fully saturated rings. The number of hydrogen-bond donors (Lipinski definition) is 0. The van der Waals surface area contributed by atoms with Gasteiger partial charge in [0.1, 0.15) is 17.2 Å². The summed E-state index contributed by atoms with van der Waals surface area (Å²) in [4.78, 5) is 12.0. The van der Waals surface area contributed by atoms with Crippen molar-refractivity contribution >= 4 is 44.9 Å². The fraction of sp³-hybridized carbons (Fsp3) is 0.316. The molecular formula is C19H21Cl2NO5S. The number of carbonyl (C=O) groups excluding carboxylic acids is 1. The summed E-state index contributed by atoms with van der Waals surface area (Å²) in [6.45, 7) is 5.16. The molecule has 2 aromatic rings. The number of nitrogens with zero attached hydrogens (tertiary/aromatic N) is 1. The number of sulfonamides is 1. The van der Waals surface area contributed by atoms with Crippen molar-refractivity contribution in [3.63, 3.8) is 0 Å². The summed E-state index contributed by atoms with van der Waals surface area (Å²) in [6.07, 6.45) is -0.382. The lowest BCUT2D eigenvalue weighted by Gasteiger charge is -2.25. The van der Waals surface area contributed by atoms with Crippen LogP contribution in [0.25, 0.3) is 0 Å². The van der Waals surface area contributed by atoms with Gasteiger partial charge in [-0.1, -0.05) is 23.2 Å². The van der Waals surface area contributed by atoms with Gasteiger partial charge in [-0.3, -0.25) is 9.10 Å². The van der Waals surface area contributed by atoms with Gasteiger partial charge in [-0.25, -0.2) is 8.42 Å². The Bertz CT molecular complexity index is 930. The van der Waals surface area contributed by atoms with Crippen molar-refractivity contribution in [2.75, 3.05) is 17.5 Å². The lowest BCUT2D eigenvalue weighted by Crippen LogP contribution is -2.37. The third-order valence-electron chi connectivity index (χ3n) is 3.54. The van der Waals surface area contributed by atoms with E-state index in [2.05, 4.69) is 0 Å². The van der Waals surface area contributed by atoms with E-state index in [0.717, 1.165) is 4.31 Å². The van der Waals surface area contributed by atoms with E-state index < -0.39 is 22.5 Å². The zero-order chi connectivity index (χ0) is 20.9. The smallest absolute Gasteiger partial charge is 0.327 e. The van der Waals surface area contributed by atoms with Gasteiger partial charge in [0.15, 0.2) is 0 Å². The van der Waals surface area contributed by atoms with Gasteiger partial charge in [0.25, 0.3) is 10.0 Å². The minimum atomic E-state index is -4.19. The third-order valence-corrected chi connectivity index (χ3v) is 6.03. The fourth-order valence-corrected chi connectivity index (χ4v) is 4.55. The summed E-state index contributed by atoms with van der Waals surface area (Å²) in [7, 11) is -4.19. The van der Waals surface area contributed by atoms with Gasteiger partial charge >= 0.3 is 5.97 Å². The van der Waals surface area contributed by atoms with Crippen LogP contribution in [0.4, 0.5) is 5.69 Å².